The van der Waals surface area contributed by atoms with Gasteiger partial charge in [-0.1, -0.05) is 86.0 Å². The lowest BCUT2D eigenvalue weighted by atomic mass is 9.94. The van der Waals surface area contributed by atoms with Gasteiger partial charge in [-0.3, -0.25) is 9.97 Å². The predicted molar refractivity (Wildman–Crippen MR) is 183 cm³/mol. The molecule has 7 rings (SSSR count). The van der Waals surface area contributed by atoms with E-state index in [-0.39, 0.29) is 0 Å². The molecule has 0 aliphatic carbocycles. The van der Waals surface area contributed by atoms with Gasteiger partial charge in [-0.2, -0.15) is 0 Å². The van der Waals surface area contributed by atoms with Gasteiger partial charge in [0.2, 0.25) is 0 Å². The number of fused-ring (bicyclic) bond motifs is 1. The fourth-order valence-corrected chi connectivity index (χ4v) is 6.47. The summed E-state index contributed by atoms with van der Waals surface area (Å²) in [4.78, 5) is 13.7. The Bertz CT molecular complexity index is 2040. The molecule has 4 aromatic carbocycles. The van der Waals surface area contributed by atoms with Crippen molar-refractivity contribution in [2.75, 3.05) is 0 Å². The van der Waals surface area contributed by atoms with Crippen LogP contribution in [0.4, 0.5) is 0 Å². The van der Waals surface area contributed by atoms with Crippen LogP contribution in [0.25, 0.3) is 77.4 Å². The number of hydrogen-bond donors (Lipinski definition) is 0. The van der Waals surface area contributed by atoms with E-state index in [1.807, 2.05) is 36.7 Å². The van der Waals surface area contributed by atoms with Gasteiger partial charge >= 0.3 is 0 Å². The van der Waals surface area contributed by atoms with E-state index in [4.69, 9.17) is 4.98 Å². The van der Waals surface area contributed by atoms with Crippen molar-refractivity contribution >= 4 is 33.7 Å². The van der Waals surface area contributed by atoms with E-state index in [9.17, 15) is 0 Å². The zero-order chi connectivity index (χ0) is 29.2. The molecular formula is C39H27N3S. The van der Waals surface area contributed by atoms with Crippen molar-refractivity contribution in [3.63, 3.8) is 0 Å². The standard InChI is InChI=1S/C39H27N3S/c1-3-26-8-5-11-36(35(26)4-2)27-12-14-28(15-13-27)39-42-37-17-16-29(23-38(37)43-39)32-20-33(30-9-6-18-40-24-30)22-34(21-32)31-10-7-19-41-25-31/h3-25H,1-2H2. The van der Waals surface area contributed by atoms with Gasteiger partial charge in [-0.25, -0.2) is 4.98 Å². The number of rotatable bonds is 7. The molecule has 0 atom stereocenters. The van der Waals surface area contributed by atoms with Crippen LogP contribution in [0, 0.1) is 0 Å². The number of hydrogen-bond acceptors (Lipinski definition) is 4. The first-order chi connectivity index (χ1) is 21.2. The molecule has 3 aromatic heterocycles. The third-order valence-corrected chi connectivity index (χ3v) is 8.72. The van der Waals surface area contributed by atoms with Crippen molar-refractivity contribution in [1.82, 2.24) is 15.0 Å². The second-order valence-electron chi connectivity index (χ2n) is 10.3. The van der Waals surface area contributed by atoms with E-state index in [1.54, 1.807) is 23.7 Å². The maximum atomic E-state index is 4.98. The lowest BCUT2D eigenvalue weighted by molar-refractivity contribution is 1.32. The molecule has 0 radical (unpaired) electrons. The fraction of sp³-hybridized carbons (Fsp3) is 0. The van der Waals surface area contributed by atoms with E-state index in [0.29, 0.717) is 0 Å². The van der Waals surface area contributed by atoms with E-state index in [2.05, 4.69) is 114 Å². The van der Waals surface area contributed by atoms with E-state index in [0.717, 1.165) is 76.4 Å². The van der Waals surface area contributed by atoms with Crippen LogP contribution in [0.1, 0.15) is 11.1 Å². The van der Waals surface area contributed by atoms with Crippen LogP contribution in [0.15, 0.2) is 141 Å². The Morgan fingerprint density at radius 3 is 1.77 bits per heavy atom. The average molecular weight is 570 g/mol. The maximum absolute atomic E-state index is 4.98. The molecule has 0 aliphatic rings. The summed E-state index contributed by atoms with van der Waals surface area (Å²) in [6.45, 7) is 7.97. The molecule has 43 heavy (non-hydrogen) atoms. The highest BCUT2D eigenvalue weighted by atomic mass is 32.1. The average Bonchev–Trinajstić information content (AvgIpc) is 3.52. The van der Waals surface area contributed by atoms with Gasteiger partial charge in [0.15, 0.2) is 0 Å². The molecule has 0 aliphatic heterocycles. The first-order valence-corrected chi connectivity index (χ1v) is 14.9. The lowest BCUT2D eigenvalue weighted by Gasteiger charge is -2.11. The molecule has 7 aromatic rings. The molecule has 4 heteroatoms. The molecule has 0 bridgehead atoms. The van der Waals surface area contributed by atoms with E-state index < -0.39 is 0 Å². The summed E-state index contributed by atoms with van der Waals surface area (Å²) < 4.78 is 1.15. The normalized spacial score (nSPS) is 11.0. The van der Waals surface area contributed by atoms with Gasteiger partial charge in [-0.05, 0) is 87.0 Å². The quantitative estimate of drug-likeness (QED) is 0.192. The minimum atomic E-state index is 0.997. The Labute approximate surface area is 255 Å². The number of nitrogens with zero attached hydrogens (tertiary/aromatic N) is 3. The third-order valence-electron chi connectivity index (χ3n) is 7.65. The van der Waals surface area contributed by atoms with Crippen LogP contribution in [0.2, 0.25) is 0 Å². The first-order valence-electron chi connectivity index (χ1n) is 14.1. The minimum Gasteiger partial charge on any atom is -0.264 e. The van der Waals surface area contributed by atoms with Crippen molar-refractivity contribution in [2.24, 2.45) is 0 Å². The van der Waals surface area contributed by atoms with Gasteiger partial charge in [0.05, 0.1) is 10.2 Å². The highest BCUT2D eigenvalue weighted by molar-refractivity contribution is 7.21. The molecule has 3 nitrogen and oxygen atoms in total. The Kier molecular flexibility index (Phi) is 7.04. The Morgan fingerprint density at radius 1 is 0.535 bits per heavy atom. The Hall–Kier alpha value is -5.45. The summed E-state index contributed by atoms with van der Waals surface area (Å²) in [6, 6.07) is 36.2. The SMILES string of the molecule is C=Cc1cccc(-c2ccc(-c3nc4ccc(-c5cc(-c6cccnc6)cc(-c6cccnc6)c5)cc4s3)cc2)c1C=C. The first kappa shape index (κ1) is 26.4. The predicted octanol–water partition coefficient (Wildman–Crippen LogP) is 10.7. The van der Waals surface area contributed by atoms with Crippen molar-refractivity contribution in [3.05, 3.63) is 152 Å². The van der Waals surface area contributed by atoms with Crippen molar-refractivity contribution < 1.29 is 0 Å². The van der Waals surface area contributed by atoms with Crippen molar-refractivity contribution in [3.8, 4) is 55.1 Å². The number of benzene rings is 4. The zero-order valence-corrected chi connectivity index (χ0v) is 24.3. The van der Waals surface area contributed by atoms with E-state index in [1.165, 1.54) is 0 Å². The summed E-state index contributed by atoms with van der Waals surface area (Å²) in [5.41, 5.74) is 13.2. The van der Waals surface area contributed by atoms with Crippen molar-refractivity contribution in [1.29, 1.82) is 0 Å². The second-order valence-corrected chi connectivity index (χ2v) is 11.3. The molecule has 0 amide bonds. The summed E-state index contributed by atoms with van der Waals surface area (Å²) in [5, 5.41) is 1.00. The molecule has 0 N–H and O–H groups in total. The number of aromatic nitrogens is 3. The summed E-state index contributed by atoms with van der Waals surface area (Å²) in [5.74, 6) is 0. The fourth-order valence-electron chi connectivity index (χ4n) is 5.46. The van der Waals surface area contributed by atoms with Crippen molar-refractivity contribution in [2.45, 2.75) is 0 Å². The maximum Gasteiger partial charge on any atom is 0.124 e. The number of thiazole rings is 1. The molecule has 3 heterocycles. The van der Waals surface area contributed by atoms with Gasteiger partial charge in [-0.15, -0.1) is 11.3 Å². The molecule has 0 spiro atoms. The number of pyridine rings is 2. The van der Waals surface area contributed by atoms with Gasteiger partial charge in [0, 0.05) is 41.5 Å². The minimum absolute atomic E-state index is 0.997. The van der Waals surface area contributed by atoms with Gasteiger partial charge < -0.3 is 0 Å². The lowest BCUT2D eigenvalue weighted by Crippen LogP contribution is -1.87. The summed E-state index contributed by atoms with van der Waals surface area (Å²) >= 11 is 1.72. The monoisotopic (exact) mass is 569 g/mol. The van der Waals surface area contributed by atoms with Gasteiger partial charge in [0.1, 0.15) is 5.01 Å². The largest absolute Gasteiger partial charge is 0.264 e. The highest BCUT2D eigenvalue weighted by Crippen LogP contribution is 2.37. The molecular weight excluding hydrogens is 543 g/mol. The molecule has 0 fully saturated rings. The highest BCUT2D eigenvalue weighted by Gasteiger charge is 2.12. The molecule has 0 unspecified atom stereocenters. The van der Waals surface area contributed by atoms with Crippen LogP contribution in [0.3, 0.4) is 0 Å². The van der Waals surface area contributed by atoms with Crippen LogP contribution < -0.4 is 0 Å². The Balaban J connectivity index is 1.26. The zero-order valence-electron chi connectivity index (χ0n) is 23.4. The molecule has 0 saturated carbocycles. The van der Waals surface area contributed by atoms with Crippen LogP contribution >= 0.6 is 11.3 Å². The van der Waals surface area contributed by atoms with Crippen LogP contribution in [0.5, 0.6) is 0 Å². The third kappa shape index (κ3) is 5.21. The van der Waals surface area contributed by atoms with Crippen LogP contribution in [-0.2, 0) is 0 Å². The van der Waals surface area contributed by atoms with Crippen LogP contribution in [-0.4, -0.2) is 15.0 Å². The smallest absolute Gasteiger partial charge is 0.124 e. The summed E-state index contributed by atoms with van der Waals surface area (Å²) in [6.07, 6.45) is 11.2. The van der Waals surface area contributed by atoms with E-state index >= 15 is 0 Å². The molecule has 0 saturated heterocycles. The topological polar surface area (TPSA) is 38.7 Å². The Morgan fingerprint density at radius 2 is 1.16 bits per heavy atom. The van der Waals surface area contributed by atoms with Gasteiger partial charge in [0.25, 0.3) is 0 Å². The second kappa shape index (κ2) is 11.4. The summed E-state index contributed by atoms with van der Waals surface area (Å²) in [7, 11) is 0. The molecule has 204 valence electrons.